The molecule has 1 fully saturated rings. The van der Waals surface area contributed by atoms with Crippen LogP contribution in [0, 0.1) is 0 Å². The number of nitrogens with two attached hydrogens (primary N) is 1. The number of benzene rings is 1. The van der Waals surface area contributed by atoms with E-state index in [1.54, 1.807) is 0 Å². The third-order valence-electron chi connectivity index (χ3n) is 3.29. The average Bonchev–Trinajstić information content (AvgIpc) is 2.26. The van der Waals surface area contributed by atoms with Gasteiger partial charge in [0.05, 0.1) is 6.54 Å². The molecule has 0 spiro atoms. The minimum absolute atomic E-state index is 0.165. The standard InChI is InChI=1S/C15H23N3O/c1-15(2,16)10-12-5-4-6-13(9-12)18-8-7-17(3)11-14(18)19/h4-6,9H,7-8,10-11,16H2,1-3H3. The zero-order valence-corrected chi connectivity index (χ0v) is 12.0. The Kier molecular flexibility index (Phi) is 3.92. The Morgan fingerprint density at radius 1 is 1.32 bits per heavy atom. The number of hydrogen-bond acceptors (Lipinski definition) is 3. The number of hydrogen-bond donors (Lipinski definition) is 1. The quantitative estimate of drug-likeness (QED) is 0.891. The summed E-state index contributed by atoms with van der Waals surface area (Å²) in [5, 5.41) is 0. The molecule has 1 heterocycles. The third kappa shape index (κ3) is 3.78. The van der Waals surface area contributed by atoms with Crippen LogP contribution in [0.4, 0.5) is 5.69 Å². The van der Waals surface area contributed by atoms with Crippen molar-refractivity contribution in [1.29, 1.82) is 0 Å². The van der Waals surface area contributed by atoms with Crippen molar-refractivity contribution in [3.05, 3.63) is 29.8 Å². The Hall–Kier alpha value is -1.39. The SMILES string of the molecule is CN1CCN(c2cccc(CC(C)(C)N)c2)C(=O)C1. The highest BCUT2D eigenvalue weighted by Crippen LogP contribution is 2.20. The van der Waals surface area contributed by atoms with Gasteiger partial charge in [-0.3, -0.25) is 9.69 Å². The molecule has 0 saturated carbocycles. The van der Waals surface area contributed by atoms with E-state index in [1.807, 2.05) is 42.8 Å². The van der Waals surface area contributed by atoms with Crippen molar-refractivity contribution in [2.75, 3.05) is 31.6 Å². The van der Waals surface area contributed by atoms with Crippen molar-refractivity contribution >= 4 is 11.6 Å². The molecule has 0 aliphatic carbocycles. The largest absolute Gasteiger partial charge is 0.325 e. The zero-order chi connectivity index (χ0) is 14.0. The van der Waals surface area contributed by atoms with Crippen LogP contribution in [0.5, 0.6) is 0 Å². The van der Waals surface area contributed by atoms with Crippen LogP contribution < -0.4 is 10.6 Å². The molecule has 2 N–H and O–H groups in total. The summed E-state index contributed by atoms with van der Waals surface area (Å²) in [5.41, 5.74) is 7.99. The molecule has 1 aromatic rings. The van der Waals surface area contributed by atoms with E-state index >= 15 is 0 Å². The summed E-state index contributed by atoms with van der Waals surface area (Å²) in [5.74, 6) is 0.165. The summed E-state index contributed by atoms with van der Waals surface area (Å²) in [6, 6.07) is 8.15. The molecular formula is C15H23N3O. The molecule has 1 amide bonds. The molecule has 0 bridgehead atoms. The smallest absolute Gasteiger partial charge is 0.241 e. The topological polar surface area (TPSA) is 49.6 Å². The lowest BCUT2D eigenvalue weighted by Crippen LogP contribution is -2.48. The molecule has 0 atom stereocenters. The fourth-order valence-corrected chi connectivity index (χ4v) is 2.42. The van der Waals surface area contributed by atoms with Gasteiger partial charge in [-0.05, 0) is 45.0 Å². The summed E-state index contributed by atoms with van der Waals surface area (Å²) in [4.78, 5) is 16.0. The summed E-state index contributed by atoms with van der Waals surface area (Å²) < 4.78 is 0. The number of amides is 1. The van der Waals surface area contributed by atoms with Gasteiger partial charge in [-0.2, -0.15) is 0 Å². The average molecular weight is 261 g/mol. The van der Waals surface area contributed by atoms with Crippen molar-refractivity contribution in [3.63, 3.8) is 0 Å². The van der Waals surface area contributed by atoms with Gasteiger partial charge in [0.1, 0.15) is 0 Å². The fraction of sp³-hybridized carbons (Fsp3) is 0.533. The van der Waals surface area contributed by atoms with E-state index in [4.69, 9.17) is 5.73 Å². The van der Waals surface area contributed by atoms with Gasteiger partial charge >= 0.3 is 0 Å². The molecule has 0 aromatic heterocycles. The highest BCUT2D eigenvalue weighted by molar-refractivity contribution is 5.95. The summed E-state index contributed by atoms with van der Waals surface area (Å²) in [7, 11) is 1.97. The van der Waals surface area contributed by atoms with Gasteiger partial charge in [-0.1, -0.05) is 12.1 Å². The van der Waals surface area contributed by atoms with Gasteiger partial charge in [-0.15, -0.1) is 0 Å². The van der Waals surface area contributed by atoms with Gasteiger partial charge in [-0.25, -0.2) is 0 Å². The number of rotatable bonds is 3. The van der Waals surface area contributed by atoms with E-state index in [-0.39, 0.29) is 11.4 Å². The third-order valence-corrected chi connectivity index (χ3v) is 3.29. The maximum atomic E-state index is 12.1. The van der Waals surface area contributed by atoms with Crippen molar-refractivity contribution in [1.82, 2.24) is 4.90 Å². The summed E-state index contributed by atoms with van der Waals surface area (Å²) >= 11 is 0. The van der Waals surface area contributed by atoms with E-state index in [9.17, 15) is 4.79 Å². The van der Waals surface area contributed by atoms with Crippen LogP contribution in [-0.4, -0.2) is 43.0 Å². The fourth-order valence-electron chi connectivity index (χ4n) is 2.42. The number of anilines is 1. The van der Waals surface area contributed by atoms with E-state index in [0.29, 0.717) is 6.54 Å². The second-order valence-corrected chi connectivity index (χ2v) is 6.12. The van der Waals surface area contributed by atoms with Gasteiger partial charge in [0.2, 0.25) is 5.91 Å². The van der Waals surface area contributed by atoms with E-state index < -0.39 is 0 Å². The molecule has 1 saturated heterocycles. The van der Waals surface area contributed by atoms with Crippen LogP contribution in [-0.2, 0) is 11.2 Å². The first-order valence-corrected chi connectivity index (χ1v) is 6.72. The van der Waals surface area contributed by atoms with Crippen LogP contribution in [0.3, 0.4) is 0 Å². The Bertz CT molecular complexity index is 465. The van der Waals surface area contributed by atoms with Crippen LogP contribution in [0.2, 0.25) is 0 Å². The predicted molar refractivity (Wildman–Crippen MR) is 78.3 cm³/mol. The molecule has 19 heavy (non-hydrogen) atoms. The second kappa shape index (κ2) is 5.31. The maximum absolute atomic E-state index is 12.1. The second-order valence-electron chi connectivity index (χ2n) is 6.12. The normalized spacial score (nSPS) is 17.9. The Balaban J connectivity index is 2.17. The number of piperazine rings is 1. The number of carbonyl (C=O) groups is 1. The lowest BCUT2D eigenvalue weighted by Gasteiger charge is -2.32. The van der Waals surface area contributed by atoms with Gasteiger partial charge in [0.15, 0.2) is 0 Å². The molecule has 4 heteroatoms. The van der Waals surface area contributed by atoms with Gasteiger partial charge < -0.3 is 10.6 Å². The first-order valence-electron chi connectivity index (χ1n) is 6.72. The molecular weight excluding hydrogens is 238 g/mol. The molecule has 1 aliphatic rings. The number of carbonyl (C=O) groups excluding carboxylic acids is 1. The van der Waals surface area contributed by atoms with Crippen LogP contribution in [0.1, 0.15) is 19.4 Å². The lowest BCUT2D eigenvalue weighted by atomic mass is 9.96. The first-order chi connectivity index (χ1) is 8.85. The minimum atomic E-state index is -0.231. The van der Waals surface area contributed by atoms with Crippen molar-refractivity contribution < 1.29 is 4.79 Å². The first kappa shape index (κ1) is 14.0. The van der Waals surface area contributed by atoms with Crippen LogP contribution >= 0.6 is 0 Å². The van der Waals surface area contributed by atoms with Crippen molar-refractivity contribution in [3.8, 4) is 0 Å². The summed E-state index contributed by atoms with van der Waals surface area (Å²) in [6.07, 6.45) is 0.808. The molecule has 1 aliphatic heterocycles. The van der Waals surface area contributed by atoms with Gasteiger partial charge in [0.25, 0.3) is 0 Å². The number of nitrogens with zero attached hydrogens (tertiary/aromatic N) is 2. The molecule has 1 aromatic carbocycles. The van der Waals surface area contributed by atoms with Crippen molar-refractivity contribution in [2.45, 2.75) is 25.8 Å². The minimum Gasteiger partial charge on any atom is -0.325 e. The van der Waals surface area contributed by atoms with Crippen LogP contribution in [0.15, 0.2) is 24.3 Å². The van der Waals surface area contributed by atoms with Crippen molar-refractivity contribution in [2.24, 2.45) is 5.73 Å². The molecule has 0 radical (unpaired) electrons. The predicted octanol–water partition coefficient (Wildman–Crippen LogP) is 1.24. The highest BCUT2D eigenvalue weighted by atomic mass is 16.2. The Morgan fingerprint density at radius 2 is 2.05 bits per heavy atom. The molecule has 0 unspecified atom stereocenters. The molecule has 104 valence electrons. The lowest BCUT2D eigenvalue weighted by molar-refractivity contribution is -0.120. The number of likely N-dealkylation sites (N-methyl/N-ethyl adjacent to an activating group) is 1. The zero-order valence-electron chi connectivity index (χ0n) is 12.0. The highest BCUT2D eigenvalue weighted by Gasteiger charge is 2.23. The van der Waals surface area contributed by atoms with Crippen LogP contribution in [0.25, 0.3) is 0 Å². The van der Waals surface area contributed by atoms with E-state index in [2.05, 4.69) is 12.1 Å². The van der Waals surface area contributed by atoms with E-state index in [0.717, 1.165) is 25.2 Å². The Labute approximate surface area is 115 Å². The van der Waals surface area contributed by atoms with Gasteiger partial charge in [0, 0.05) is 24.3 Å². The monoisotopic (exact) mass is 261 g/mol. The van der Waals surface area contributed by atoms with E-state index in [1.165, 1.54) is 5.56 Å². The molecule has 2 rings (SSSR count). The summed E-state index contributed by atoms with van der Waals surface area (Å²) in [6.45, 7) is 6.19. The maximum Gasteiger partial charge on any atom is 0.241 e. The molecule has 4 nitrogen and oxygen atoms in total. The Morgan fingerprint density at radius 3 is 2.68 bits per heavy atom.